The minimum absolute atomic E-state index is 0.212. The van der Waals surface area contributed by atoms with Crippen molar-refractivity contribution in [2.24, 2.45) is 5.92 Å². The van der Waals surface area contributed by atoms with Gasteiger partial charge in [-0.15, -0.1) is 0 Å². The van der Waals surface area contributed by atoms with Gasteiger partial charge in [-0.2, -0.15) is 4.98 Å². The molecule has 0 saturated heterocycles. The van der Waals surface area contributed by atoms with Crippen LogP contribution in [0.3, 0.4) is 0 Å². The summed E-state index contributed by atoms with van der Waals surface area (Å²) in [5.74, 6) is 2.83. The molecule has 0 spiro atoms. The number of hydrogen-bond donors (Lipinski definition) is 2. The maximum absolute atomic E-state index is 6.06. The molecule has 2 rings (SSSR count). The van der Waals surface area contributed by atoms with Crippen LogP contribution in [-0.2, 0) is 0 Å². The Kier molecular flexibility index (Phi) is 5.76. The van der Waals surface area contributed by atoms with Gasteiger partial charge >= 0.3 is 0 Å². The van der Waals surface area contributed by atoms with Crippen LogP contribution in [0.15, 0.2) is 23.1 Å². The van der Waals surface area contributed by atoms with Gasteiger partial charge in [-0.25, -0.2) is 9.97 Å². The van der Waals surface area contributed by atoms with Crippen LogP contribution in [0.25, 0.3) is 0 Å². The van der Waals surface area contributed by atoms with Crippen molar-refractivity contribution < 1.29 is 4.74 Å². The summed E-state index contributed by atoms with van der Waals surface area (Å²) in [4.78, 5) is 12.5. The molecule has 0 aliphatic carbocycles. The molecule has 3 N–H and O–H groups in total. The number of nitrogens with two attached hydrogens (primary N) is 1. The Morgan fingerprint density at radius 2 is 1.91 bits per heavy atom. The number of halogens is 1. The summed E-state index contributed by atoms with van der Waals surface area (Å²) < 4.78 is 6.77. The zero-order chi connectivity index (χ0) is 17.0. The molecule has 2 aromatic rings. The molecule has 0 fully saturated rings. The molecule has 0 atom stereocenters. The molecule has 0 aliphatic rings. The van der Waals surface area contributed by atoms with E-state index in [2.05, 4.69) is 63.9 Å². The van der Waals surface area contributed by atoms with Gasteiger partial charge in [0.25, 0.3) is 0 Å². The van der Waals surface area contributed by atoms with E-state index in [4.69, 9.17) is 10.5 Å². The van der Waals surface area contributed by atoms with Gasteiger partial charge in [-0.05, 0) is 27.8 Å². The normalized spacial score (nSPS) is 11.1. The fourth-order valence-corrected chi connectivity index (χ4v) is 2.26. The standard InChI is InChI=1S/C16H22BrN5O/c1-9(2)6-20-15-13(8-21-16(18)22-15)23-12-5-14(17)19-7-11(12)10(3)4/h5,7-10H,6H2,1-4H3,(H3,18,20,21,22). The Bertz CT molecular complexity index is 676. The van der Waals surface area contributed by atoms with Gasteiger partial charge in [0, 0.05) is 24.4 Å². The van der Waals surface area contributed by atoms with Crippen molar-refractivity contribution in [3.8, 4) is 11.5 Å². The van der Waals surface area contributed by atoms with Crippen molar-refractivity contribution in [3.05, 3.63) is 28.6 Å². The molecule has 0 saturated carbocycles. The monoisotopic (exact) mass is 379 g/mol. The summed E-state index contributed by atoms with van der Waals surface area (Å²) in [6.07, 6.45) is 3.40. The molecular formula is C16H22BrN5O. The first-order chi connectivity index (χ1) is 10.9. The Balaban J connectivity index is 2.34. The Labute approximate surface area is 145 Å². The molecule has 2 aromatic heterocycles. The highest BCUT2D eigenvalue weighted by Crippen LogP contribution is 2.34. The molecule has 0 unspecified atom stereocenters. The second-order valence-electron chi connectivity index (χ2n) is 6.02. The number of aromatic nitrogens is 3. The SMILES string of the molecule is CC(C)CNc1nc(N)ncc1Oc1cc(Br)ncc1C(C)C. The number of nitrogens with one attached hydrogen (secondary N) is 1. The van der Waals surface area contributed by atoms with Gasteiger partial charge in [0.2, 0.25) is 5.95 Å². The predicted octanol–water partition coefficient (Wildman–Crippen LogP) is 4.20. The minimum Gasteiger partial charge on any atom is -0.451 e. The van der Waals surface area contributed by atoms with E-state index >= 15 is 0 Å². The predicted molar refractivity (Wildman–Crippen MR) is 95.9 cm³/mol. The zero-order valence-corrected chi connectivity index (χ0v) is 15.4. The fourth-order valence-electron chi connectivity index (χ4n) is 1.95. The third kappa shape index (κ3) is 4.79. The Morgan fingerprint density at radius 3 is 2.57 bits per heavy atom. The molecule has 0 radical (unpaired) electrons. The molecular weight excluding hydrogens is 358 g/mol. The highest BCUT2D eigenvalue weighted by molar-refractivity contribution is 9.10. The van der Waals surface area contributed by atoms with E-state index in [0.717, 1.165) is 17.9 Å². The number of hydrogen-bond acceptors (Lipinski definition) is 6. The number of ether oxygens (including phenoxy) is 1. The van der Waals surface area contributed by atoms with E-state index in [1.54, 1.807) is 6.20 Å². The number of anilines is 2. The lowest BCUT2D eigenvalue weighted by molar-refractivity contribution is 0.468. The summed E-state index contributed by atoms with van der Waals surface area (Å²) in [5, 5.41) is 3.25. The summed E-state index contributed by atoms with van der Waals surface area (Å²) in [5.41, 5.74) is 6.71. The molecule has 6 nitrogen and oxygen atoms in total. The third-order valence-corrected chi connectivity index (χ3v) is 3.59. The Hall–Kier alpha value is -1.89. The average molecular weight is 380 g/mol. The largest absolute Gasteiger partial charge is 0.451 e. The lowest BCUT2D eigenvalue weighted by atomic mass is 10.1. The van der Waals surface area contributed by atoms with E-state index in [1.807, 2.05) is 12.3 Å². The van der Waals surface area contributed by atoms with E-state index in [-0.39, 0.29) is 11.9 Å². The van der Waals surface area contributed by atoms with Crippen LogP contribution in [0.4, 0.5) is 11.8 Å². The van der Waals surface area contributed by atoms with Gasteiger partial charge < -0.3 is 15.8 Å². The number of rotatable bonds is 6. The van der Waals surface area contributed by atoms with E-state index in [9.17, 15) is 0 Å². The van der Waals surface area contributed by atoms with Crippen molar-refractivity contribution in [2.75, 3.05) is 17.6 Å². The molecule has 23 heavy (non-hydrogen) atoms. The summed E-state index contributed by atoms with van der Waals surface area (Å²) >= 11 is 3.38. The van der Waals surface area contributed by atoms with Crippen molar-refractivity contribution in [1.29, 1.82) is 0 Å². The third-order valence-electron chi connectivity index (χ3n) is 3.16. The summed E-state index contributed by atoms with van der Waals surface area (Å²) in [6.45, 7) is 9.19. The fraction of sp³-hybridized carbons (Fsp3) is 0.438. The maximum Gasteiger partial charge on any atom is 0.222 e. The van der Waals surface area contributed by atoms with Gasteiger partial charge in [-0.1, -0.05) is 27.7 Å². The smallest absolute Gasteiger partial charge is 0.222 e. The number of nitrogen functional groups attached to an aromatic ring is 1. The van der Waals surface area contributed by atoms with E-state index < -0.39 is 0 Å². The topological polar surface area (TPSA) is 86.0 Å². The quantitative estimate of drug-likeness (QED) is 0.731. The number of pyridine rings is 1. The zero-order valence-electron chi connectivity index (χ0n) is 13.8. The second kappa shape index (κ2) is 7.59. The number of nitrogens with zero attached hydrogens (tertiary/aromatic N) is 3. The van der Waals surface area contributed by atoms with E-state index in [1.165, 1.54) is 0 Å². The summed E-state index contributed by atoms with van der Waals surface area (Å²) in [6, 6.07) is 1.85. The lowest BCUT2D eigenvalue weighted by Crippen LogP contribution is -2.11. The molecule has 0 bridgehead atoms. The summed E-state index contributed by atoms with van der Waals surface area (Å²) in [7, 11) is 0. The van der Waals surface area contributed by atoms with Gasteiger partial charge in [-0.3, -0.25) is 0 Å². The highest BCUT2D eigenvalue weighted by Gasteiger charge is 2.14. The minimum atomic E-state index is 0.212. The van der Waals surface area contributed by atoms with Gasteiger partial charge in [0.1, 0.15) is 10.4 Å². The van der Waals surface area contributed by atoms with Crippen LogP contribution in [0.1, 0.15) is 39.2 Å². The van der Waals surface area contributed by atoms with Crippen molar-refractivity contribution in [2.45, 2.75) is 33.6 Å². The first kappa shape index (κ1) is 17.5. The first-order valence-electron chi connectivity index (χ1n) is 7.56. The lowest BCUT2D eigenvalue weighted by Gasteiger charge is -2.16. The van der Waals surface area contributed by atoms with Crippen LogP contribution < -0.4 is 15.8 Å². The average Bonchev–Trinajstić information content (AvgIpc) is 2.47. The van der Waals surface area contributed by atoms with Crippen molar-refractivity contribution in [3.63, 3.8) is 0 Å². The van der Waals surface area contributed by atoms with Crippen molar-refractivity contribution >= 4 is 27.7 Å². The molecule has 124 valence electrons. The van der Waals surface area contributed by atoms with Crippen LogP contribution in [0.5, 0.6) is 11.5 Å². The molecule has 2 heterocycles. The molecule has 0 aliphatic heterocycles. The van der Waals surface area contributed by atoms with Crippen LogP contribution in [-0.4, -0.2) is 21.5 Å². The molecule has 0 amide bonds. The molecule has 7 heteroatoms. The van der Waals surface area contributed by atoms with E-state index in [0.29, 0.717) is 22.1 Å². The highest BCUT2D eigenvalue weighted by atomic mass is 79.9. The van der Waals surface area contributed by atoms with Crippen LogP contribution in [0, 0.1) is 5.92 Å². The van der Waals surface area contributed by atoms with Gasteiger partial charge in [0.15, 0.2) is 11.6 Å². The second-order valence-corrected chi connectivity index (χ2v) is 6.83. The first-order valence-corrected chi connectivity index (χ1v) is 8.35. The van der Waals surface area contributed by atoms with Crippen LogP contribution in [0.2, 0.25) is 0 Å². The Morgan fingerprint density at radius 1 is 1.17 bits per heavy atom. The van der Waals surface area contributed by atoms with Crippen LogP contribution >= 0.6 is 15.9 Å². The van der Waals surface area contributed by atoms with Crippen molar-refractivity contribution in [1.82, 2.24) is 15.0 Å². The maximum atomic E-state index is 6.06. The van der Waals surface area contributed by atoms with Gasteiger partial charge in [0.05, 0.1) is 6.20 Å². The molecule has 0 aromatic carbocycles.